The smallest absolute Gasteiger partial charge is 0.234 e. The molecule has 7 heteroatoms. The molecule has 0 unspecified atom stereocenters. The van der Waals surface area contributed by atoms with Gasteiger partial charge in [-0.1, -0.05) is 23.7 Å². The summed E-state index contributed by atoms with van der Waals surface area (Å²) >= 11 is 6.16. The van der Waals surface area contributed by atoms with Crippen LogP contribution in [0, 0.1) is 0 Å². The molecular weight excluding hydrogens is 373 g/mol. The number of nitrogens with two attached hydrogens (primary N) is 1. The van der Waals surface area contributed by atoms with Gasteiger partial charge in [-0.3, -0.25) is 9.69 Å². The maximum absolute atomic E-state index is 12.3. The van der Waals surface area contributed by atoms with Crippen molar-refractivity contribution >= 4 is 29.9 Å². The highest BCUT2D eigenvalue weighted by Gasteiger charge is 2.36. The Kier molecular flexibility index (Phi) is 8.17. The van der Waals surface area contributed by atoms with E-state index in [1.807, 2.05) is 18.2 Å². The maximum Gasteiger partial charge on any atom is 0.234 e. The maximum atomic E-state index is 12.3. The minimum Gasteiger partial charge on any atom is -0.379 e. The molecule has 1 saturated heterocycles. The monoisotopic (exact) mass is 401 g/mol. The van der Waals surface area contributed by atoms with Crippen LogP contribution in [0.1, 0.15) is 31.2 Å². The van der Waals surface area contributed by atoms with Crippen LogP contribution >= 0.6 is 24.0 Å². The lowest BCUT2D eigenvalue weighted by atomic mass is 9.68. The summed E-state index contributed by atoms with van der Waals surface area (Å²) in [6.45, 7) is 4.19. The molecule has 0 bridgehead atoms. The number of benzene rings is 1. The molecule has 1 aromatic carbocycles. The molecule has 26 heavy (non-hydrogen) atoms. The predicted molar refractivity (Wildman–Crippen MR) is 107 cm³/mol. The molecule has 146 valence electrons. The summed E-state index contributed by atoms with van der Waals surface area (Å²) in [6, 6.07) is 8.28. The van der Waals surface area contributed by atoms with Gasteiger partial charge in [0.15, 0.2) is 0 Å². The number of hydrogen-bond donors (Lipinski definition) is 2. The molecule has 2 fully saturated rings. The van der Waals surface area contributed by atoms with Crippen LogP contribution in [0.4, 0.5) is 0 Å². The number of carbonyl (C=O) groups is 1. The van der Waals surface area contributed by atoms with Crippen molar-refractivity contribution < 1.29 is 9.53 Å². The second-order valence-corrected chi connectivity index (χ2v) is 7.66. The highest BCUT2D eigenvalue weighted by molar-refractivity contribution is 6.30. The van der Waals surface area contributed by atoms with E-state index in [0.29, 0.717) is 13.1 Å². The third kappa shape index (κ3) is 5.33. The first kappa shape index (κ1) is 21.5. The van der Waals surface area contributed by atoms with Gasteiger partial charge in [0.05, 0.1) is 19.8 Å². The van der Waals surface area contributed by atoms with Gasteiger partial charge in [0, 0.05) is 36.1 Å². The third-order valence-corrected chi connectivity index (χ3v) is 5.84. The van der Waals surface area contributed by atoms with E-state index in [1.54, 1.807) is 0 Å². The topological polar surface area (TPSA) is 67.6 Å². The van der Waals surface area contributed by atoms with Crippen LogP contribution in [0.2, 0.25) is 5.02 Å². The van der Waals surface area contributed by atoms with E-state index < -0.39 is 0 Å². The Morgan fingerprint density at radius 3 is 2.62 bits per heavy atom. The van der Waals surface area contributed by atoms with Gasteiger partial charge in [-0.15, -0.1) is 12.4 Å². The first-order chi connectivity index (χ1) is 12.1. The number of morpholine rings is 1. The first-order valence-electron chi connectivity index (χ1n) is 9.17. The van der Waals surface area contributed by atoms with E-state index in [2.05, 4.69) is 16.3 Å². The quantitative estimate of drug-likeness (QED) is 0.794. The molecule has 1 amide bonds. The standard InChI is InChI=1S/C19H28ClN3O2.ClH/c20-16-3-1-2-15(12-16)19(14-21)6-4-17(5-7-19)22-18(24)13-23-8-10-25-11-9-23;/h1-3,12,17H,4-11,13-14,21H2,(H,22,24);1H. The summed E-state index contributed by atoms with van der Waals surface area (Å²) in [7, 11) is 0. The molecule has 1 aromatic rings. The SMILES string of the molecule is Cl.NCC1(c2cccc(Cl)c2)CCC(NC(=O)CN2CCOCC2)CC1. The number of nitrogens with one attached hydrogen (secondary N) is 1. The van der Waals surface area contributed by atoms with Gasteiger partial charge in [0.25, 0.3) is 0 Å². The molecule has 0 radical (unpaired) electrons. The van der Waals surface area contributed by atoms with Crippen LogP contribution in [-0.2, 0) is 14.9 Å². The molecule has 0 spiro atoms. The van der Waals surface area contributed by atoms with Gasteiger partial charge in [-0.05, 0) is 43.4 Å². The Hall–Kier alpha value is -0.850. The second kappa shape index (κ2) is 9.90. The van der Waals surface area contributed by atoms with Gasteiger partial charge in [0.1, 0.15) is 0 Å². The van der Waals surface area contributed by atoms with E-state index in [-0.39, 0.29) is 29.8 Å². The Morgan fingerprint density at radius 2 is 2.00 bits per heavy atom. The molecule has 3 rings (SSSR count). The fraction of sp³-hybridized carbons (Fsp3) is 0.632. The van der Waals surface area contributed by atoms with Crippen molar-refractivity contribution in [3.63, 3.8) is 0 Å². The van der Waals surface area contributed by atoms with E-state index in [1.165, 1.54) is 5.56 Å². The molecule has 1 aliphatic heterocycles. The lowest BCUT2D eigenvalue weighted by molar-refractivity contribution is -0.124. The highest BCUT2D eigenvalue weighted by atomic mass is 35.5. The second-order valence-electron chi connectivity index (χ2n) is 7.23. The number of amides is 1. The molecular formula is C19H29Cl2N3O2. The minimum atomic E-state index is -0.0175. The Labute approximate surface area is 167 Å². The molecule has 0 aromatic heterocycles. The summed E-state index contributed by atoms with van der Waals surface area (Å²) in [5.74, 6) is 0.120. The summed E-state index contributed by atoms with van der Waals surface area (Å²) in [5.41, 5.74) is 7.35. The van der Waals surface area contributed by atoms with Gasteiger partial charge in [-0.25, -0.2) is 0 Å². The van der Waals surface area contributed by atoms with Crippen LogP contribution in [-0.4, -0.2) is 56.2 Å². The van der Waals surface area contributed by atoms with Crippen molar-refractivity contribution in [2.75, 3.05) is 39.4 Å². The Morgan fingerprint density at radius 1 is 1.31 bits per heavy atom. The number of nitrogens with zero attached hydrogens (tertiary/aromatic N) is 1. The molecule has 3 N–H and O–H groups in total. The van der Waals surface area contributed by atoms with Gasteiger partial charge >= 0.3 is 0 Å². The van der Waals surface area contributed by atoms with Crippen molar-refractivity contribution in [2.45, 2.75) is 37.1 Å². The van der Waals surface area contributed by atoms with E-state index in [0.717, 1.165) is 57.0 Å². The average molecular weight is 402 g/mol. The van der Waals surface area contributed by atoms with Crippen LogP contribution < -0.4 is 11.1 Å². The summed E-state index contributed by atoms with van der Waals surface area (Å²) in [5, 5.41) is 3.96. The van der Waals surface area contributed by atoms with E-state index in [4.69, 9.17) is 22.1 Å². The van der Waals surface area contributed by atoms with Crippen LogP contribution in [0.25, 0.3) is 0 Å². The number of halogens is 2. The number of ether oxygens (including phenoxy) is 1. The lowest BCUT2D eigenvalue weighted by Crippen LogP contribution is -2.49. The van der Waals surface area contributed by atoms with Crippen molar-refractivity contribution in [2.24, 2.45) is 5.73 Å². The molecule has 1 heterocycles. The predicted octanol–water partition coefficient (Wildman–Crippen LogP) is 2.35. The summed E-state index contributed by atoms with van der Waals surface area (Å²) in [6.07, 6.45) is 3.87. The average Bonchev–Trinajstić information content (AvgIpc) is 2.63. The van der Waals surface area contributed by atoms with Gasteiger partial charge < -0.3 is 15.8 Å². The van der Waals surface area contributed by atoms with Crippen LogP contribution in [0.3, 0.4) is 0 Å². The molecule has 1 aliphatic carbocycles. The van der Waals surface area contributed by atoms with E-state index in [9.17, 15) is 4.79 Å². The number of carbonyl (C=O) groups excluding carboxylic acids is 1. The normalized spacial score (nSPS) is 26.8. The minimum absolute atomic E-state index is 0. The van der Waals surface area contributed by atoms with Gasteiger partial charge in [-0.2, -0.15) is 0 Å². The zero-order valence-corrected chi connectivity index (χ0v) is 16.7. The lowest BCUT2D eigenvalue weighted by Gasteiger charge is -2.40. The van der Waals surface area contributed by atoms with Crippen molar-refractivity contribution in [1.29, 1.82) is 0 Å². The fourth-order valence-electron chi connectivity index (χ4n) is 3.98. The van der Waals surface area contributed by atoms with Crippen LogP contribution in [0.5, 0.6) is 0 Å². The summed E-state index contributed by atoms with van der Waals surface area (Å²) in [4.78, 5) is 14.4. The zero-order chi connectivity index (χ0) is 17.7. The largest absolute Gasteiger partial charge is 0.379 e. The van der Waals surface area contributed by atoms with Gasteiger partial charge in [0.2, 0.25) is 5.91 Å². The first-order valence-corrected chi connectivity index (χ1v) is 9.55. The van der Waals surface area contributed by atoms with Crippen molar-refractivity contribution in [3.8, 4) is 0 Å². The van der Waals surface area contributed by atoms with E-state index >= 15 is 0 Å². The summed E-state index contributed by atoms with van der Waals surface area (Å²) < 4.78 is 5.32. The molecule has 0 atom stereocenters. The zero-order valence-electron chi connectivity index (χ0n) is 15.1. The Balaban J connectivity index is 0.00000243. The Bertz CT molecular complexity index is 586. The third-order valence-electron chi connectivity index (χ3n) is 5.61. The number of hydrogen-bond acceptors (Lipinski definition) is 4. The fourth-order valence-corrected chi connectivity index (χ4v) is 4.17. The molecule has 1 saturated carbocycles. The van der Waals surface area contributed by atoms with Crippen LogP contribution in [0.15, 0.2) is 24.3 Å². The molecule has 5 nitrogen and oxygen atoms in total. The number of rotatable bonds is 5. The van der Waals surface area contributed by atoms with Crippen molar-refractivity contribution in [1.82, 2.24) is 10.2 Å². The van der Waals surface area contributed by atoms with Crippen molar-refractivity contribution in [3.05, 3.63) is 34.9 Å². The highest BCUT2D eigenvalue weighted by Crippen LogP contribution is 2.39. The molecule has 2 aliphatic rings.